The molecular weight excluding hydrogens is 202 g/mol. The molecule has 1 aromatic rings. The second kappa shape index (κ2) is 3.58. The number of hydrogen-bond donors (Lipinski definition) is 1. The zero-order chi connectivity index (χ0) is 10.1. The Balaban J connectivity index is 2.30. The summed E-state index contributed by atoms with van der Waals surface area (Å²) in [5.74, 6) is -0.544. The monoisotopic (exact) mass is 211 g/mol. The number of aromatic nitrogens is 1. The molecule has 0 saturated heterocycles. The van der Waals surface area contributed by atoms with Crippen molar-refractivity contribution >= 4 is 17.6 Å². The zero-order valence-electron chi connectivity index (χ0n) is 7.53. The van der Waals surface area contributed by atoms with E-state index in [1.807, 2.05) is 0 Å². The van der Waals surface area contributed by atoms with Gasteiger partial charge in [-0.25, -0.2) is 9.78 Å². The van der Waals surface area contributed by atoms with Crippen LogP contribution >= 0.6 is 11.6 Å². The van der Waals surface area contributed by atoms with Crippen LogP contribution in [0.4, 0.5) is 0 Å². The average Bonchev–Trinajstić information content (AvgIpc) is 2.00. The summed E-state index contributed by atoms with van der Waals surface area (Å²) < 4.78 is 0. The van der Waals surface area contributed by atoms with Crippen molar-refractivity contribution in [3.8, 4) is 0 Å². The molecular formula is C10H10ClNO2. The molecule has 0 aliphatic heterocycles. The van der Waals surface area contributed by atoms with Gasteiger partial charge in [0.15, 0.2) is 0 Å². The second-order valence-electron chi connectivity index (χ2n) is 3.51. The third-order valence-corrected chi connectivity index (χ3v) is 2.91. The summed E-state index contributed by atoms with van der Waals surface area (Å²) in [6.45, 7) is 0. The highest BCUT2D eigenvalue weighted by Crippen LogP contribution is 2.35. The smallest absolute Gasteiger partial charge is 0.338 e. The normalized spacial score (nSPS) is 16.4. The quantitative estimate of drug-likeness (QED) is 0.766. The molecule has 2 rings (SSSR count). The Kier molecular flexibility index (Phi) is 2.42. The van der Waals surface area contributed by atoms with Crippen molar-refractivity contribution < 1.29 is 9.90 Å². The number of hydrogen-bond acceptors (Lipinski definition) is 2. The minimum absolute atomic E-state index is 0.0785. The molecule has 0 aromatic carbocycles. The fourth-order valence-corrected chi connectivity index (χ4v) is 1.78. The SMILES string of the molecule is O=C(O)c1ccc(C2CCC2)nc1Cl. The topological polar surface area (TPSA) is 50.2 Å². The molecule has 0 radical (unpaired) electrons. The first-order chi connectivity index (χ1) is 6.68. The first kappa shape index (κ1) is 9.46. The first-order valence-electron chi connectivity index (χ1n) is 4.58. The van der Waals surface area contributed by atoms with E-state index in [4.69, 9.17) is 16.7 Å². The summed E-state index contributed by atoms with van der Waals surface area (Å²) in [7, 11) is 0. The van der Waals surface area contributed by atoms with Crippen LogP contribution in [0.2, 0.25) is 5.15 Å². The van der Waals surface area contributed by atoms with Gasteiger partial charge in [0.2, 0.25) is 0 Å². The highest BCUT2D eigenvalue weighted by atomic mass is 35.5. The Morgan fingerprint density at radius 2 is 2.21 bits per heavy atom. The average molecular weight is 212 g/mol. The second-order valence-corrected chi connectivity index (χ2v) is 3.87. The van der Waals surface area contributed by atoms with Crippen molar-refractivity contribution in [1.29, 1.82) is 0 Å². The maximum absolute atomic E-state index is 10.7. The van der Waals surface area contributed by atoms with Crippen LogP contribution in [-0.2, 0) is 0 Å². The van der Waals surface area contributed by atoms with Crippen LogP contribution in [0.25, 0.3) is 0 Å². The molecule has 1 saturated carbocycles. The lowest BCUT2D eigenvalue weighted by molar-refractivity contribution is 0.0696. The Bertz CT molecular complexity index is 374. The number of nitrogens with zero attached hydrogens (tertiary/aromatic N) is 1. The number of carbonyl (C=O) groups is 1. The van der Waals surface area contributed by atoms with Crippen molar-refractivity contribution in [1.82, 2.24) is 4.98 Å². The highest BCUT2D eigenvalue weighted by Gasteiger charge is 2.22. The van der Waals surface area contributed by atoms with E-state index in [1.54, 1.807) is 6.07 Å². The van der Waals surface area contributed by atoms with E-state index in [2.05, 4.69) is 4.98 Å². The molecule has 1 aliphatic carbocycles. The number of aromatic carboxylic acids is 1. The zero-order valence-corrected chi connectivity index (χ0v) is 8.29. The third kappa shape index (κ3) is 1.60. The van der Waals surface area contributed by atoms with Gasteiger partial charge in [0.1, 0.15) is 5.15 Å². The van der Waals surface area contributed by atoms with Gasteiger partial charge in [-0.15, -0.1) is 0 Å². The Morgan fingerprint density at radius 3 is 2.64 bits per heavy atom. The molecule has 1 aliphatic rings. The van der Waals surface area contributed by atoms with E-state index in [0.29, 0.717) is 5.92 Å². The largest absolute Gasteiger partial charge is 0.478 e. The first-order valence-corrected chi connectivity index (χ1v) is 4.96. The van der Waals surface area contributed by atoms with Crippen molar-refractivity contribution in [2.75, 3.05) is 0 Å². The van der Waals surface area contributed by atoms with E-state index in [1.165, 1.54) is 12.5 Å². The minimum Gasteiger partial charge on any atom is -0.478 e. The fraction of sp³-hybridized carbons (Fsp3) is 0.400. The Labute approximate surface area is 86.7 Å². The lowest BCUT2D eigenvalue weighted by Gasteiger charge is -2.24. The van der Waals surface area contributed by atoms with Gasteiger partial charge < -0.3 is 5.11 Å². The molecule has 0 amide bonds. The number of carboxylic acids is 1. The molecule has 3 nitrogen and oxygen atoms in total. The molecule has 0 spiro atoms. The summed E-state index contributed by atoms with van der Waals surface area (Å²) in [5, 5.41) is 8.84. The van der Waals surface area contributed by atoms with Crippen LogP contribution < -0.4 is 0 Å². The van der Waals surface area contributed by atoms with Gasteiger partial charge in [0.25, 0.3) is 0 Å². The summed E-state index contributed by atoms with van der Waals surface area (Å²) >= 11 is 5.76. The summed E-state index contributed by atoms with van der Waals surface area (Å²) in [6, 6.07) is 3.30. The molecule has 1 aromatic heterocycles. The molecule has 1 fully saturated rings. The fourth-order valence-electron chi connectivity index (χ4n) is 1.54. The van der Waals surface area contributed by atoms with Crippen LogP contribution in [0, 0.1) is 0 Å². The van der Waals surface area contributed by atoms with Crippen LogP contribution in [-0.4, -0.2) is 16.1 Å². The summed E-state index contributed by atoms with van der Waals surface area (Å²) in [6.07, 6.45) is 3.50. The lowest BCUT2D eigenvalue weighted by atomic mass is 9.82. The van der Waals surface area contributed by atoms with E-state index >= 15 is 0 Å². The molecule has 0 atom stereocenters. The minimum atomic E-state index is -1.03. The van der Waals surface area contributed by atoms with Gasteiger partial charge in [-0.2, -0.15) is 0 Å². The molecule has 14 heavy (non-hydrogen) atoms. The van der Waals surface area contributed by atoms with Crippen molar-refractivity contribution in [2.24, 2.45) is 0 Å². The highest BCUT2D eigenvalue weighted by molar-refractivity contribution is 6.32. The maximum Gasteiger partial charge on any atom is 0.338 e. The van der Waals surface area contributed by atoms with Crippen LogP contribution in [0.1, 0.15) is 41.2 Å². The van der Waals surface area contributed by atoms with Crippen molar-refractivity contribution in [2.45, 2.75) is 25.2 Å². The van der Waals surface area contributed by atoms with Crippen molar-refractivity contribution in [3.63, 3.8) is 0 Å². The van der Waals surface area contributed by atoms with E-state index < -0.39 is 5.97 Å². The molecule has 4 heteroatoms. The van der Waals surface area contributed by atoms with Crippen LogP contribution in [0.5, 0.6) is 0 Å². The Morgan fingerprint density at radius 1 is 1.50 bits per heavy atom. The van der Waals surface area contributed by atoms with Crippen LogP contribution in [0.3, 0.4) is 0 Å². The van der Waals surface area contributed by atoms with E-state index in [0.717, 1.165) is 18.5 Å². The predicted molar refractivity (Wildman–Crippen MR) is 52.8 cm³/mol. The predicted octanol–water partition coefficient (Wildman–Crippen LogP) is 2.70. The van der Waals surface area contributed by atoms with Gasteiger partial charge >= 0.3 is 5.97 Å². The Hall–Kier alpha value is -1.09. The third-order valence-electron chi connectivity index (χ3n) is 2.62. The number of pyridine rings is 1. The number of halogens is 1. The van der Waals surface area contributed by atoms with Gasteiger partial charge in [-0.05, 0) is 25.0 Å². The summed E-state index contributed by atoms with van der Waals surface area (Å²) in [4.78, 5) is 14.8. The lowest BCUT2D eigenvalue weighted by Crippen LogP contribution is -2.11. The van der Waals surface area contributed by atoms with Gasteiger partial charge in [0, 0.05) is 11.6 Å². The van der Waals surface area contributed by atoms with Crippen LogP contribution in [0.15, 0.2) is 12.1 Å². The number of rotatable bonds is 2. The molecule has 1 N–H and O–H groups in total. The van der Waals surface area contributed by atoms with Gasteiger partial charge in [0.05, 0.1) is 5.56 Å². The van der Waals surface area contributed by atoms with Gasteiger partial charge in [-0.3, -0.25) is 0 Å². The number of carboxylic acid groups (broad SMARTS) is 1. The maximum atomic E-state index is 10.7. The standard InChI is InChI=1S/C10H10ClNO2/c11-9-7(10(13)14)4-5-8(12-9)6-2-1-3-6/h4-6H,1-3H2,(H,13,14). The van der Waals surface area contributed by atoms with E-state index in [-0.39, 0.29) is 10.7 Å². The molecule has 0 unspecified atom stereocenters. The molecule has 0 bridgehead atoms. The van der Waals surface area contributed by atoms with Crippen molar-refractivity contribution in [3.05, 3.63) is 28.5 Å². The molecule has 74 valence electrons. The van der Waals surface area contributed by atoms with E-state index in [9.17, 15) is 4.79 Å². The summed E-state index contributed by atoms with van der Waals surface area (Å²) in [5.41, 5.74) is 1.00. The molecule has 1 heterocycles. The van der Waals surface area contributed by atoms with Gasteiger partial charge in [-0.1, -0.05) is 18.0 Å².